The van der Waals surface area contributed by atoms with Crippen molar-refractivity contribution in [2.75, 3.05) is 13.1 Å². The van der Waals surface area contributed by atoms with Gasteiger partial charge in [-0.1, -0.05) is 60.7 Å². The molecule has 2 amide bonds. The zero-order valence-electron chi connectivity index (χ0n) is 18.8. The van der Waals surface area contributed by atoms with Gasteiger partial charge in [0, 0.05) is 31.5 Å². The molecule has 0 radical (unpaired) electrons. The van der Waals surface area contributed by atoms with Gasteiger partial charge in [0.05, 0.1) is 0 Å². The van der Waals surface area contributed by atoms with Gasteiger partial charge in [0.15, 0.2) is 0 Å². The molecule has 1 heterocycles. The average molecular weight is 434 g/mol. The Hall–Kier alpha value is -2.66. The van der Waals surface area contributed by atoms with E-state index in [0.29, 0.717) is 31.5 Å². The van der Waals surface area contributed by atoms with Gasteiger partial charge in [-0.15, -0.1) is 0 Å². The van der Waals surface area contributed by atoms with E-state index in [1.54, 1.807) is 0 Å². The summed E-state index contributed by atoms with van der Waals surface area (Å²) < 4.78 is 0. The maximum atomic E-state index is 13.4. The van der Waals surface area contributed by atoms with Crippen molar-refractivity contribution in [3.8, 4) is 0 Å². The number of rotatable bonds is 7. The van der Waals surface area contributed by atoms with E-state index in [1.807, 2.05) is 41.3 Å². The molecular formula is C27H35N3O2. The first kappa shape index (κ1) is 22.5. The molecule has 1 saturated heterocycles. The van der Waals surface area contributed by atoms with E-state index >= 15 is 0 Å². The summed E-state index contributed by atoms with van der Waals surface area (Å²) in [5, 5.41) is 3.14. The topological polar surface area (TPSA) is 75.4 Å². The van der Waals surface area contributed by atoms with Crippen LogP contribution in [-0.4, -0.2) is 41.9 Å². The summed E-state index contributed by atoms with van der Waals surface area (Å²) in [5.41, 5.74) is 8.25. The molecule has 3 N–H and O–H groups in total. The second kappa shape index (κ2) is 10.8. The molecule has 0 spiro atoms. The van der Waals surface area contributed by atoms with Gasteiger partial charge in [-0.2, -0.15) is 0 Å². The van der Waals surface area contributed by atoms with E-state index < -0.39 is 0 Å². The van der Waals surface area contributed by atoms with Crippen molar-refractivity contribution < 1.29 is 9.59 Å². The van der Waals surface area contributed by atoms with Gasteiger partial charge < -0.3 is 16.0 Å². The van der Waals surface area contributed by atoms with Crippen molar-refractivity contribution in [1.82, 2.24) is 10.2 Å². The van der Waals surface area contributed by atoms with E-state index in [-0.39, 0.29) is 23.8 Å². The Morgan fingerprint density at radius 3 is 2.09 bits per heavy atom. The predicted molar refractivity (Wildman–Crippen MR) is 127 cm³/mol. The Bertz CT molecular complexity index is 839. The minimum absolute atomic E-state index is 0.00157. The van der Waals surface area contributed by atoms with Crippen LogP contribution in [0.5, 0.6) is 0 Å². The quantitative estimate of drug-likeness (QED) is 0.697. The van der Waals surface area contributed by atoms with Gasteiger partial charge in [0.2, 0.25) is 11.8 Å². The number of likely N-dealkylation sites (tertiary alicyclic amines) is 1. The third-order valence-corrected chi connectivity index (χ3v) is 7.11. The molecule has 5 heteroatoms. The van der Waals surface area contributed by atoms with Crippen molar-refractivity contribution in [2.45, 2.75) is 62.9 Å². The van der Waals surface area contributed by atoms with Crippen LogP contribution in [0.15, 0.2) is 60.7 Å². The van der Waals surface area contributed by atoms with Crippen LogP contribution in [0.1, 0.15) is 62.0 Å². The van der Waals surface area contributed by atoms with Crippen LogP contribution >= 0.6 is 0 Å². The van der Waals surface area contributed by atoms with Crippen LogP contribution in [0.2, 0.25) is 0 Å². The molecule has 32 heavy (non-hydrogen) atoms. The highest BCUT2D eigenvalue weighted by molar-refractivity contribution is 5.88. The lowest BCUT2D eigenvalue weighted by Crippen LogP contribution is -2.47. The second-order valence-corrected chi connectivity index (χ2v) is 9.35. The van der Waals surface area contributed by atoms with Crippen LogP contribution in [0.3, 0.4) is 0 Å². The molecule has 170 valence electrons. The Morgan fingerprint density at radius 1 is 0.906 bits per heavy atom. The number of hydrogen-bond donors (Lipinski definition) is 2. The number of nitrogens with zero attached hydrogens (tertiary/aromatic N) is 1. The fourth-order valence-electron chi connectivity index (χ4n) is 5.18. The number of carbonyl (C=O) groups excluding carboxylic acids is 2. The van der Waals surface area contributed by atoms with Gasteiger partial charge in [-0.05, 0) is 55.6 Å². The Balaban J connectivity index is 1.40. The summed E-state index contributed by atoms with van der Waals surface area (Å²) in [4.78, 5) is 28.2. The normalized spacial score (nSPS) is 23.3. The van der Waals surface area contributed by atoms with Crippen LogP contribution in [0.4, 0.5) is 0 Å². The SMILES string of the molecule is NC1CCC(CNC(=O)C2CCCN2C(=O)CC(c2ccccc2)c2ccccc2)CC1. The monoisotopic (exact) mass is 433 g/mol. The maximum absolute atomic E-state index is 13.4. The number of carbonyl (C=O) groups is 2. The molecule has 0 aromatic heterocycles. The highest BCUT2D eigenvalue weighted by Gasteiger charge is 2.35. The van der Waals surface area contributed by atoms with Crippen LogP contribution < -0.4 is 11.1 Å². The lowest BCUT2D eigenvalue weighted by molar-refractivity contribution is -0.138. The Labute approximate surface area is 191 Å². The number of amides is 2. The van der Waals surface area contributed by atoms with E-state index in [2.05, 4.69) is 29.6 Å². The molecule has 1 aliphatic heterocycles. The second-order valence-electron chi connectivity index (χ2n) is 9.35. The molecule has 4 rings (SSSR count). The molecule has 2 aromatic rings. The third-order valence-electron chi connectivity index (χ3n) is 7.11. The lowest BCUT2D eigenvalue weighted by atomic mass is 9.86. The van der Waals surface area contributed by atoms with Crippen molar-refractivity contribution in [3.63, 3.8) is 0 Å². The van der Waals surface area contributed by atoms with Gasteiger partial charge in [-0.25, -0.2) is 0 Å². The third kappa shape index (κ3) is 5.57. The van der Waals surface area contributed by atoms with Crippen molar-refractivity contribution >= 4 is 11.8 Å². The molecule has 2 aromatic carbocycles. The van der Waals surface area contributed by atoms with Gasteiger partial charge in [0.1, 0.15) is 6.04 Å². The van der Waals surface area contributed by atoms with Crippen molar-refractivity contribution in [3.05, 3.63) is 71.8 Å². The maximum Gasteiger partial charge on any atom is 0.242 e. The number of nitrogens with two attached hydrogens (primary N) is 1. The largest absolute Gasteiger partial charge is 0.354 e. The zero-order valence-corrected chi connectivity index (χ0v) is 18.8. The number of benzene rings is 2. The smallest absolute Gasteiger partial charge is 0.242 e. The molecule has 1 atom stereocenters. The number of nitrogens with one attached hydrogen (secondary N) is 1. The lowest BCUT2D eigenvalue weighted by Gasteiger charge is -2.29. The first-order valence-electron chi connectivity index (χ1n) is 12.0. The zero-order chi connectivity index (χ0) is 22.3. The van der Waals surface area contributed by atoms with E-state index in [9.17, 15) is 9.59 Å². The first-order valence-corrected chi connectivity index (χ1v) is 12.0. The molecule has 2 fully saturated rings. The molecule has 2 aliphatic rings. The molecular weight excluding hydrogens is 398 g/mol. The van der Waals surface area contributed by atoms with Gasteiger partial charge in [-0.3, -0.25) is 9.59 Å². The van der Waals surface area contributed by atoms with Crippen LogP contribution in [0.25, 0.3) is 0 Å². The average Bonchev–Trinajstić information content (AvgIpc) is 3.33. The van der Waals surface area contributed by atoms with Crippen LogP contribution in [0, 0.1) is 5.92 Å². The van der Waals surface area contributed by atoms with Gasteiger partial charge in [0.25, 0.3) is 0 Å². The Kier molecular flexibility index (Phi) is 7.59. The van der Waals surface area contributed by atoms with Crippen molar-refractivity contribution in [2.24, 2.45) is 11.7 Å². The highest BCUT2D eigenvalue weighted by Crippen LogP contribution is 2.30. The summed E-state index contributed by atoms with van der Waals surface area (Å²) in [6.07, 6.45) is 6.22. The molecule has 1 saturated carbocycles. The predicted octanol–water partition coefficient (Wildman–Crippen LogP) is 3.83. The first-order chi connectivity index (χ1) is 15.6. The summed E-state index contributed by atoms with van der Waals surface area (Å²) in [6, 6.07) is 20.3. The molecule has 0 bridgehead atoms. The van der Waals surface area contributed by atoms with Crippen molar-refractivity contribution in [1.29, 1.82) is 0 Å². The standard InChI is InChI=1S/C27H35N3O2/c28-23-15-13-20(14-16-23)19-29-27(32)25-12-7-17-30(25)26(31)18-24(21-8-3-1-4-9-21)22-10-5-2-6-11-22/h1-6,8-11,20,23-25H,7,12-19,28H2,(H,29,32). The summed E-state index contributed by atoms with van der Waals surface area (Å²) in [7, 11) is 0. The fraction of sp³-hybridized carbons (Fsp3) is 0.481. The summed E-state index contributed by atoms with van der Waals surface area (Å²) >= 11 is 0. The van der Waals surface area contributed by atoms with E-state index in [4.69, 9.17) is 5.73 Å². The summed E-state index contributed by atoms with van der Waals surface area (Å²) in [6.45, 7) is 1.35. The molecule has 1 unspecified atom stereocenters. The minimum Gasteiger partial charge on any atom is -0.354 e. The molecule has 1 aliphatic carbocycles. The molecule has 5 nitrogen and oxygen atoms in total. The number of hydrogen-bond acceptors (Lipinski definition) is 3. The van der Waals surface area contributed by atoms with Gasteiger partial charge >= 0.3 is 0 Å². The minimum atomic E-state index is -0.347. The fourth-order valence-corrected chi connectivity index (χ4v) is 5.18. The van der Waals surface area contributed by atoms with E-state index in [1.165, 1.54) is 0 Å². The van der Waals surface area contributed by atoms with E-state index in [0.717, 1.165) is 49.7 Å². The summed E-state index contributed by atoms with van der Waals surface area (Å²) in [5.74, 6) is 0.552. The highest BCUT2D eigenvalue weighted by atomic mass is 16.2. The Morgan fingerprint density at radius 2 is 1.50 bits per heavy atom. The van der Waals surface area contributed by atoms with Crippen LogP contribution in [-0.2, 0) is 9.59 Å².